The lowest BCUT2D eigenvalue weighted by molar-refractivity contribution is -0.161. The lowest BCUT2D eigenvalue weighted by Gasteiger charge is -2.31. The monoisotopic (exact) mass is 754 g/mol. The molecule has 4 heterocycles. The lowest BCUT2D eigenvalue weighted by atomic mass is 10.0. The number of aryl methyl sites for hydroxylation is 1. The molecule has 0 unspecified atom stereocenters. The molecule has 51 heavy (non-hydrogen) atoms. The second-order valence-corrected chi connectivity index (χ2v) is 23.6. The van der Waals surface area contributed by atoms with Crippen molar-refractivity contribution >= 4 is 53.3 Å². The van der Waals surface area contributed by atoms with E-state index in [0.29, 0.717) is 28.7 Å². The SMILES string of the molecule is CC(C)N(CCCCc1nc2cc(Cl)c(Cl)cc2n1COCC[Si](C)(C)C)C[C@H]1C[C@@H](n2ccc3c(CC4CC4)ncnc32)[C@@H]2OC(C)(C)O[C@H]12. The molecular weight excluding hydrogens is 699 g/mol. The molecule has 0 spiro atoms. The van der Waals surface area contributed by atoms with Crippen molar-refractivity contribution in [3.8, 4) is 0 Å². The van der Waals surface area contributed by atoms with Crippen LogP contribution in [0.2, 0.25) is 35.7 Å². The molecule has 9 nitrogen and oxygen atoms in total. The van der Waals surface area contributed by atoms with Crippen LogP contribution in [0.3, 0.4) is 0 Å². The van der Waals surface area contributed by atoms with E-state index in [1.807, 2.05) is 12.1 Å². The average Bonchev–Trinajstić information content (AvgIpc) is 3.36. The molecule has 0 bridgehead atoms. The molecule has 1 aliphatic heterocycles. The predicted octanol–water partition coefficient (Wildman–Crippen LogP) is 9.17. The van der Waals surface area contributed by atoms with Gasteiger partial charge in [0.2, 0.25) is 0 Å². The number of benzene rings is 1. The molecule has 0 N–H and O–H groups in total. The zero-order chi connectivity index (χ0) is 36.1. The summed E-state index contributed by atoms with van der Waals surface area (Å²) in [6, 6.07) is 7.72. The number of unbranched alkanes of at least 4 members (excludes halogenated alkanes) is 1. The Balaban J connectivity index is 1.02. The maximum atomic E-state index is 6.66. The number of hydrogen-bond donors (Lipinski definition) is 0. The maximum absolute atomic E-state index is 6.66. The van der Waals surface area contributed by atoms with Crippen molar-refractivity contribution in [2.24, 2.45) is 11.8 Å². The Morgan fingerprint density at radius 1 is 1.06 bits per heavy atom. The van der Waals surface area contributed by atoms with Gasteiger partial charge in [-0.2, -0.15) is 0 Å². The van der Waals surface area contributed by atoms with E-state index in [-0.39, 0.29) is 18.2 Å². The minimum Gasteiger partial charge on any atom is -0.361 e. The molecule has 1 aromatic carbocycles. The van der Waals surface area contributed by atoms with Crippen LogP contribution in [-0.4, -0.2) is 80.8 Å². The highest BCUT2D eigenvalue weighted by atomic mass is 35.5. The fourth-order valence-electron chi connectivity index (χ4n) is 8.06. The largest absolute Gasteiger partial charge is 0.361 e. The van der Waals surface area contributed by atoms with Crippen LogP contribution in [0, 0.1) is 11.8 Å². The number of aromatic nitrogens is 5. The molecule has 3 aliphatic rings. The molecular formula is C39H56Cl2N6O3Si. The van der Waals surface area contributed by atoms with Gasteiger partial charge in [-0.25, -0.2) is 15.0 Å². The summed E-state index contributed by atoms with van der Waals surface area (Å²) >= 11 is 12.8. The van der Waals surface area contributed by atoms with Crippen LogP contribution in [0.4, 0.5) is 0 Å². The molecule has 1 saturated heterocycles. The van der Waals surface area contributed by atoms with E-state index in [4.69, 9.17) is 47.4 Å². The van der Waals surface area contributed by atoms with Gasteiger partial charge in [0.25, 0.3) is 0 Å². The number of ether oxygens (including phenoxy) is 3. The first-order valence-electron chi connectivity index (χ1n) is 19.1. The smallest absolute Gasteiger partial charge is 0.163 e. The highest BCUT2D eigenvalue weighted by molar-refractivity contribution is 6.76. The molecule has 4 atom stereocenters. The van der Waals surface area contributed by atoms with Crippen LogP contribution < -0.4 is 0 Å². The summed E-state index contributed by atoms with van der Waals surface area (Å²) in [5, 5.41) is 2.25. The summed E-state index contributed by atoms with van der Waals surface area (Å²) in [7, 11) is -1.19. The van der Waals surface area contributed by atoms with E-state index in [9.17, 15) is 0 Å². The number of fused-ring (bicyclic) bond motifs is 3. The van der Waals surface area contributed by atoms with Gasteiger partial charge in [0, 0.05) is 51.2 Å². The second kappa shape index (κ2) is 15.0. The van der Waals surface area contributed by atoms with Gasteiger partial charge in [0.1, 0.15) is 30.6 Å². The molecule has 3 aromatic heterocycles. The summed E-state index contributed by atoms with van der Waals surface area (Å²) in [6.45, 7) is 19.0. The first kappa shape index (κ1) is 37.3. The Labute approximate surface area is 314 Å². The fraction of sp³-hybridized carbons (Fsp3) is 0.667. The predicted molar refractivity (Wildman–Crippen MR) is 208 cm³/mol. The first-order valence-corrected chi connectivity index (χ1v) is 23.5. The van der Waals surface area contributed by atoms with Crippen molar-refractivity contribution in [2.75, 3.05) is 19.7 Å². The van der Waals surface area contributed by atoms with Crippen molar-refractivity contribution in [3.63, 3.8) is 0 Å². The molecule has 7 rings (SSSR count). The van der Waals surface area contributed by atoms with Gasteiger partial charge in [-0.15, -0.1) is 0 Å². The third kappa shape index (κ3) is 8.53. The molecule has 3 fully saturated rings. The van der Waals surface area contributed by atoms with E-state index < -0.39 is 13.9 Å². The van der Waals surface area contributed by atoms with Crippen LogP contribution in [0.5, 0.6) is 0 Å². The average molecular weight is 756 g/mol. The highest BCUT2D eigenvalue weighted by Gasteiger charge is 2.55. The number of hydrogen-bond acceptors (Lipinski definition) is 7. The Kier molecular flexibility index (Phi) is 11.0. The van der Waals surface area contributed by atoms with Crippen molar-refractivity contribution in [2.45, 2.75) is 135 Å². The Morgan fingerprint density at radius 2 is 1.82 bits per heavy atom. The first-order chi connectivity index (χ1) is 24.3. The van der Waals surface area contributed by atoms with Gasteiger partial charge < -0.3 is 28.2 Å². The van der Waals surface area contributed by atoms with Crippen LogP contribution in [0.25, 0.3) is 22.1 Å². The van der Waals surface area contributed by atoms with Gasteiger partial charge in [0.05, 0.1) is 38.9 Å². The van der Waals surface area contributed by atoms with E-state index in [1.165, 1.54) is 23.9 Å². The summed E-state index contributed by atoms with van der Waals surface area (Å²) in [6.07, 6.45) is 11.6. The number of nitrogens with zero attached hydrogens (tertiary/aromatic N) is 6. The van der Waals surface area contributed by atoms with Crippen molar-refractivity contribution in [3.05, 3.63) is 52.3 Å². The molecule has 0 radical (unpaired) electrons. The number of imidazole rings is 1. The summed E-state index contributed by atoms with van der Waals surface area (Å²) < 4.78 is 24.0. The highest BCUT2D eigenvalue weighted by Crippen LogP contribution is 2.48. The zero-order valence-corrected chi connectivity index (χ0v) is 34.0. The Bertz CT molecular complexity index is 1830. The third-order valence-corrected chi connectivity index (χ3v) is 13.5. The second-order valence-electron chi connectivity index (χ2n) is 17.2. The van der Waals surface area contributed by atoms with Crippen LogP contribution >= 0.6 is 23.2 Å². The van der Waals surface area contributed by atoms with Crippen LogP contribution in [-0.2, 0) is 33.8 Å². The van der Waals surface area contributed by atoms with Crippen molar-refractivity contribution < 1.29 is 14.2 Å². The standard InChI is InChI=1S/C39H56Cl2N6O3Si/c1-25(2)45(14-9-8-10-35-44-32-20-29(40)30(41)21-33(32)47(35)24-48-16-17-51(5,6)7)22-27-19-34(37-36(27)49-39(3,4)50-37)46-15-13-28-31(18-26-11-12-26)42-23-43-38(28)46/h13,15,20-21,23,25-27,34,36-37H,8-12,14,16-19,22,24H2,1-7H3/t27-,34-,36-,37+/m1/s1. The van der Waals surface area contributed by atoms with Gasteiger partial charge in [-0.1, -0.05) is 42.8 Å². The zero-order valence-electron chi connectivity index (χ0n) is 31.5. The quantitative estimate of drug-likeness (QED) is 0.0834. The van der Waals surface area contributed by atoms with Gasteiger partial charge >= 0.3 is 0 Å². The molecule has 2 aliphatic carbocycles. The number of halogens is 2. The lowest BCUT2D eigenvalue weighted by Crippen LogP contribution is -2.39. The van der Waals surface area contributed by atoms with Crippen molar-refractivity contribution in [1.82, 2.24) is 29.0 Å². The van der Waals surface area contributed by atoms with Crippen LogP contribution in [0.15, 0.2) is 30.7 Å². The maximum Gasteiger partial charge on any atom is 0.163 e. The normalized spacial score (nSPS) is 23.4. The van der Waals surface area contributed by atoms with E-state index >= 15 is 0 Å². The van der Waals surface area contributed by atoms with Gasteiger partial charge in [-0.05, 0) is 103 Å². The summed E-state index contributed by atoms with van der Waals surface area (Å²) in [4.78, 5) is 17.1. The number of rotatable bonds is 16. The molecule has 0 amide bonds. The summed E-state index contributed by atoms with van der Waals surface area (Å²) in [5.74, 6) is 1.54. The van der Waals surface area contributed by atoms with E-state index in [2.05, 4.69) is 78.6 Å². The van der Waals surface area contributed by atoms with Crippen molar-refractivity contribution in [1.29, 1.82) is 0 Å². The van der Waals surface area contributed by atoms with Gasteiger partial charge in [0.15, 0.2) is 5.79 Å². The van der Waals surface area contributed by atoms with E-state index in [1.54, 1.807) is 6.33 Å². The van der Waals surface area contributed by atoms with Gasteiger partial charge in [-0.3, -0.25) is 0 Å². The molecule has 12 heteroatoms. The Hall–Kier alpha value is -2.05. The minimum atomic E-state index is -1.19. The molecule has 4 aromatic rings. The summed E-state index contributed by atoms with van der Waals surface area (Å²) in [5.41, 5.74) is 4.05. The Morgan fingerprint density at radius 3 is 2.57 bits per heavy atom. The van der Waals surface area contributed by atoms with E-state index in [0.717, 1.165) is 86.3 Å². The molecule has 2 saturated carbocycles. The fourth-order valence-corrected chi connectivity index (χ4v) is 9.13. The molecule has 278 valence electrons. The minimum absolute atomic E-state index is 0.0144. The third-order valence-electron chi connectivity index (χ3n) is 11.1. The topological polar surface area (TPSA) is 79.5 Å². The van der Waals surface area contributed by atoms with Crippen LogP contribution in [0.1, 0.15) is 77.4 Å².